The van der Waals surface area contributed by atoms with E-state index in [9.17, 15) is 4.39 Å². The molecule has 1 heteroatoms. The van der Waals surface area contributed by atoms with E-state index in [1.807, 2.05) is 0 Å². The molecule has 2 atom stereocenters. The molecule has 2 unspecified atom stereocenters. The van der Waals surface area contributed by atoms with Crippen LogP contribution >= 0.6 is 0 Å². The number of hydrogen-bond donors (Lipinski definition) is 0. The normalized spacial score (nSPS) is 22.1. The van der Waals surface area contributed by atoms with E-state index >= 15 is 0 Å². The monoisotopic (exact) mass is 502 g/mol. The zero-order valence-electron chi connectivity index (χ0n) is 24.7. The van der Waals surface area contributed by atoms with Crippen LogP contribution in [0.2, 0.25) is 0 Å². The summed E-state index contributed by atoms with van der Waals surface area (Å²) in [6.45, 7) is 19.6. The molecule has 0 heterocycles. The maximum absolute atomic E-state index is 14.0. The zero-order valence-corrected chi connectivity index (χ0v) is 24.7. The van der Waals surface area contributed by atoms with Crippen LogP contribution in [-0.2, 0) is 12.8 Å². The Morgan fingerprint density at radius 2 is 1.78 bits per heavy atom. The Balaban J connectivity index is 1.62. The minimum Gasteiger partial charge on any atom is -0.244 e. The first-order chi connectivity index (χ1) is 17.4. The van der Waals surface area contributed by atoms with Gasteiger partial charge < -0.3 is 0 Å². The highest BCUT2D eigenvalue weighted by Gasteiger charge is 2.29. The summed E-state index contributed by atoms with van der Waals surface area (Å²) in [7, 11) is 0. The van der Waals surface area contributed by atoms with E-state index in [2.05, 4.69) is 95.9 Å². The van der Waals surface area contributed by atoms with Crippen molar-refractivity contribution in [2.75, 3.05) is 0 Å². The predicted molar refractivity (Wildman–Crippen MR) is 162 cm³/mol. The minimum atomic E-state index is -1.14. The average Bonchev–Trinajstić information content (AvgIpc) is 2.88. The van der Waals surface area contributed by atoms with E-state index < -0.39 is 5.67 Å². The highest BCUT2D eigenvalue weighted by atomic mass is 19.1. The van der Waals surface area contributed by atoms with E-state index in [4.69, 9.17) is 0 Å². The second kappa shape index (κ2) is 12.1. The Kier molecular flexibility index (Phi) is 9.65. The van der Waals surface area contributed by atoms with Crippen molar-refractivity contribution in [3.05, 3.63) is 89.1 Å². The zero-order chi connectivity index (χ0) is 27.3. The van der Waals surface area contributed by atoms with E-state index in [-0.39, 0.29) is 5.41 Å². The lowest BCUT2D eigenvalue weighted by molar-refractivity contribution is 0.217. The summed E-state index contributed by atoms with van der Waals surface area (Å²) < 4.78 is 14.0. The Bertz CT molecular complexity index is 1070. The van der Waals surface area contributed by atoms with Gasteiger partial charge in [-0.15, -0.1) is 0 Å². The lowest BCUT2D eigenvalue weighted by atomic mass is 9.72. The molecule has 2 aliphatic rings. The van der Waals surface area contributed by atoms with Gasteiger partial charge in [0, 0.05) is 11.8 Å². The Morgan fingerprint density at radius 3 is 2.32 bits per heavy atom. The molecule has 0 saturated heterocycles. The molecule has 0 aromatic heterocycles. The first-order valence-electron chi connectivity index (χ1n) is 14.7. The number of alkyl halides is 1. The average molecular weight is 503 g/mol. The third-order valence-electron chi connectivity index (χ3n) is 9.13. The van der Waals surface area contributed by atoms with Crippen LogP contribution in [0.15, 0.2) is 72.4 Å². The van der Waals surface area contributed by atoms with Gasteiger partial charge in [0.05, 0.1) is 0 Å². The fraction of sp³-hybridized carbons (Fsp3) is 0.556. The van der Waals surface area contributed by atoms with E-state index in [0.29, 0.717) is 17.8 Å². The summed E-state index contributed by atoms with van der Waals surface area (Å²) in [6.07, 6.45) is 23.2. The van der Waals surface area contributed by atoms with Gasteiger partial charge >= 0.3 is 0 Å². The first kappa shape index (κ1) is 29.4. The topological polar surface area (TPSA) is 0 Å². The molecule has 0 nitrogen and oxygen atoms in total. The molecule has 1 aromatic carbocycles. The number of rotatable bonds is 12. The molecule has 0 spiro atoms. The van der Waals surface area contributed by atoms with Crippen molar-refractivity contribution < 1.29 is 4.39 Å². The second-order valence-electron chi connectivity index (χ2n) is 12.8. The van der Waals surface area contributed by atoms with Gasteiger partial charge in [0.15, 0.2) is 0 Å². The first-order valence-corrected chi connectivity index (χ1v) is 14.7. The van der Waals surface area contributed by atoms with Gasteiger partial charge in [-0.1, -0.05) is 114 Å². The van der Waals surface area contributed by atoms with Gasteiger partial charge in [0.25, 0.3) is 0 Å². The van der Waals surface area contributed by atoms with Crippen molar-refractivity contribution in [1.29, 1.82) is 0 Å². The number of halogens is 1. The van der Waals surface area contributed by atoms with Crippen LogP contribution in [0.4, 0.5) is 4.39 Å². The van der Waals surface area contributed by atoms with Gasteiger partial charge in [-0.05, 0) is 91.5 Å². The second-order valence-corrected chi connectivity index (χ2v) is 12.8. The maximum atomic E-state index is 14.0. The maximum Gasteiger partial charge on any atom is 0.109 e. The van der Waals surface area contributed by atoms with Crippen molar-refractivity contribution in [2.24, 2.45) is 16.7 Å². The number of allylic oxidation sites excluding steroid dienone is 9. The Hall–Kier alpha value is -2.15. The van der Waals surface area contributed by atoms with Crippen LogP contribution in [0.3, 0.4) is 0 Å². The number of aryl methyl sites for hydroxylation is 2. The highest BCUT2D eigenvalue weighted by Crippen LogP contribution is 2.43. The molecule has 0 amide bonds. The molecule has 3 rings (SSSR count). The fourth-order valence-electron chi connectivity index (χ4n) is 5.67. The standard InChI is InChI=1S/C36H51F/c1-9-32-25-29(18-21-35(7,10-2)11-3)16-17-33(32)27(4)36(8)22-19-30(20-23-36)24-28-12-14-31(15-13-28)26-34(5,6)37/h12,14-17,19-20,22,25,28H,4,9-11,13,18,21,23-24,26H2,1-3,5-8H3. The molecule has 0 radical (unpaired) electrons. The fourth-order valence-corrected chi connectivity index (χ4v) is 5.67. The SMILES string of the molecule is C=C(c1ccc(CCC(C)(CC)CC)cc1CC)C1(C)C=CC(CC2C=CC(CC(C)(C)F)=CC2)=CC1. The van der Waals surface area contributed by atoms with Crippen LogP contribution in [0.5, 0.6) is 0 Å². The molecule has 0 fully saturated rings. The van der Waals surface area contributed by atoms with Gasteiger partial charge in [-0.25, -0.2) is 4.39 Å². The third kappa shape index (κ3) is 7.92. The van der Waals surface area contributed by atoms with Crippen molar-refractivity contribution in [3.63, 3.8) is 0 Å². The van der Waals surface area contributed by atoms with Crippen molar-refractivity contribution >= 4 is 5.57 Å². The van der Waals surface area contributed by atoms with E-state index in [0.717, 1.165) is 37.7 Å². The van der Waals surface area contributed by atoms with Crippen LogP contribution in [-0.4, -0.2) is 5.67 Å². The number of hydrogen-bond acceptors (Lipinski definition) is 0. The van der Waals surface area contributed by atoms with Gasteiger partial charge in [0.2, 0.25) is 0 Å². The lowest BCUT2D eigenvalue weighted by Crippen LogP contribution is -2.18. The van der Waals surface area contributed by atoms with Crippen LogP contribution < -0.4 is 0 Å². The summed E-state index contributed by atoms with van der Waals surface area (Å²) in [5.74, 6) is 0.497. The van der Waals surface area contributed by atoms with Crippen molar-refractivity contribution in [1.82, 2.24) is 0 Å². The van der Waals surface area contributed by atoms with Crippen LogP contribution in [0.25, 0.3) is 5.57 Å². The molecular weight excluding hydrogens is 451 g/mol. The van der Waals surface area contributed by atoms with Gasteiger partial charge in [0.1, 0.15) is 5.67 Å². The van der Waals surface area contributed by atoms with Crippen LogP contribution in [0, 0.1) is 16.7 Å². The summed E-state index contributed by atoms with van der Waals surface area (Å²) in [4.78, 5) is 0. The summed E-state index contributed by atoms with van der Waals surface area (Å²) in [5.41, 5.74) is 7.21. The molecular formula is C36H51F. The number of benzene rings is 1. The predicted octanol–water partition coefficient (Wildman–Crippen LogP) is 10.9. The lowest BCUT2D eigenvalue weighted by Gasteiger charge is -2.32. The smallest absolute Gasteiger partial charge is 0.109 e. The molecule has 0 N–H and O–H groups in total. The molecule has 2 aliphatic carbocycles. The molecule has 0 bridgehead atoms. The molecule has 202 valence electrons. The largest absolute Gasteiger partial charge is 0.244 e. The quantitative estimate of drug-likeness (QED) is 0.266. The van der Waals surface area contributed by atoms with E-state index in [1.54, 1.807) is 13.8 Å². The minimum absolute atomic E-state index is 0.0554. The molecule has 0 aliphatic heterocycles. The third-order valence-corrected chi connectivity index (χ3v) is 9.13. The Labute approximate surface area is 227 Å². The summed E-state index contributed by atoms with van der Waals surface area (Å²) in [6, 6.07) is 7.11. The van der Waals surface area contributed by atoms with Gasteiger partial charge in [-0.3, -0.25) is 0 Å². The highest BCUT2D eigenvalue weighted by molar-refractivity contribution is 5.73. The molecule has 1 aromatic rings. The van der Waals surface area contributed by atoms with Crippen molar-refractivity contribution in [2.45, 2.75) is 112 Å². The summed E-state index contributed by atoms with van der Waals surface area (Å²) >= 11 is 0. The molecule has 37 heavy (non-hydrogen) atoms. The van der Waals surface area contributed by atoms with Crippen LogP contribution in [0.1, 0.15) is 110 Å². The van der Waals surface area contributed by atoms with Crippen molar-refractivity contribution in [3.8, 4) is 0 Å². The van der Waals surface area contributed by atoms with Gasteiger partial charge in [-0.2, -0.15) is 0 Å². The van der Waals surface area contributed by atoms with E-state index in [1.165, 1.54) is 47.1 Å². The Morgan fingerprint density at radius 1 is 1.05 bits per heavy atom. The summed E-state index contributed by atoms with van der Waals surface area (Å²) in [5, 5.41) is 0. The molecule has 0 saturated carbocycles.